The van der Waals surface area contributed by atoms with E-state index in [4.69, 9.17) is 4.74 Å². The van der Waals surface area contributed by atoms with E-state index >= 15 is 0 Å². The quantitative estimate of drug-likeness (QED) is 0.503. The third-order valence-corrected chi connectivity index (χ3v) is 5.02. The van der Waals surface area contributed by atoms with Crippen molar-refractivity contribution in [1.82, 2.24) is 4.98 Å². The van der Waals surface area contributed by atoms with E-state index in [1.54, 1.807) is 0 Å². The molecule has 3 aromatic rings. The van der Waals surface area contributed by atoms with E-state index in [-0.39, 0.29) is 19.0 Å². The maximum Gasteiger partial charge on any atom is 0.416 e. The molecule has 3 nitrogen and oxygen atoms in total. The highest BCUT2D eigenvalue weighted by atomic mass is 35.5. The van der Waals surface area contributed by atoms with Gasteiger partial charge in [0.15, 0.2) is 0 Å². The highest BCUT2D eigenvalue weighted by Crippen LogP contribution is 2.32. The Balaban J connectivity index is 0.00000240. The first-order chi connectivity index (χ1) is 13.4. The van der Waals surface area contributed by atoms with Crippen LogP contribution in [0.4, 0.5) is 18.9 Å². The second-order valence-corrected chi connectivity index (χ2v) is 7.14. The standard InChI is InChI=1S/C22H21F3N2O.ClH/c1-15-12-21(27-10-2-3-11-27)19-9-8-18(13-20(19)26-15)28-14-16-4-6-17(7-5-16)22(23,24)25;/h4-9,12-13H,2-3,10-11,14H2,1H3;1H. The summed E-state index contributed by atoms with van der Waals surface area (Å²) in [5, 5.41) is 1.09. The Kier molecular flexibility index (Phi) is 6.22. The largest absolute Gasteiger partial charge is 0.489 e. The number of pyridine rings is 1. The molecule has 7 heteroatoms. The first kappa shape index (κ1) is 21.2. The van der Waals surface area contributed by atoms with Crippen molar-refractivity contribution in [2.24, 2.45) is 0 Å². The Morgan fingerprint density at radius 3 is 2.34 bits per heavy atom. The summed E-state index contributed by atoms with van der Waals surface area (Å²) in [6.07, 6.45) is -1.91. The second kappa shape index (κ2) is 8.49. The first-order valence-electron chi connectivity index (χ1n) is 9.35. The molecule has 1 aliphatic heterocycles. The molecule has 0 bridgehead atoms. The number of nitrogens with zero attached hydrogens (tertiary/aromatic N) is 2. The SMILES string of the molecule is Cc1cc(N2CCCC2)c2ccc(OCc3ccc(C(F)(F)F)cc3)cc2n1.Cl. The van der Waals surface area contributed by atoms with Crippen molar-refractivity contribution in [2.45, 2.75) is 32.5 Å². The molecule has 0 saturated carbocycles. The van der Waals surface area contributed by atoms with Crippen LogP contribution in [0.3, 0.4) is 0 Å². The Bertz CT molecular complexity index is 984. The number of hydrogen-bond donors (Lipinski definition) is 0. The zero-order valence-corrected chi connectivity index (χ0v) is 16.8. The summed E-state index contributed by atoms with van der Waals surface area (Å²) >= 11 is 0. The van der Waals surface area contributed by atoms with Gasteiger partial charge in [0, 0.05) is 35.9 Å². The molecular weight excluding hydrogens is 401 g/mol. The van der Waals surface area contributed by atoms with Crippen LogP contribution >= 0.6 is 12.4 Å². The smallest absolute Gasteiger partial charge is 0.416 e. The van der Waals surface area contributed by atoms with Crippen molar-refractivity contribution in [2.75, 3.05) is 18.0 Å². The normalized spacial score (nSPS) is 14.1. The van der Waals surface area contributed by atoms with Crippen LogP contribution in [-0.4, -0.2) is 18.1 Å². The molecule has 0 radical (unpaired) electrons. The van der Waals surface area contributed by atoms with Crippen LogP contribution in [0.1, 0.15) is 29.7 Å². The van der Waals surface area contributed by atoms with E-state index in [0.29, 0.717) is 11.3 Å². The zero-order valence-electron chi connectivity index (χ0n) is 16.0. The van der Waals surface area contributed by atoms with Gasteiger partial charge in [0.1, 0.15) is 12.4 Å². The predicted molar refractivity (Wildman–Crippen MR) is 111 cm³/mol. The van der Waals surface area contributed by atoms with Gasteiger partial charge in [-0.3, -0.25) is 4.98 Å². The predicted octanol–water partition coefficient (Wildman–Crippen LogP) is 6.16. The Morgan fingerprint density at radius 1 is 1.00 bits per heavy atom. The lowest BCUT2D eigenvalue weighted by Crippen LogP contribution is -2.18. The minimum absolute atomic E-state index is 0. The van der Waals surface area contributed by atoms with E-state index in [2.05, 4.69) is 16.0 Å². The van der Waals surface area contributed by atoms with Crippen molar-refractivity contribution in [1.29, 1.82) is 0 Å². The highest BCUT2D eigenvalue weighted by Gasteiger charge is 2.29. The number of aromatic nitrogens is 1. The van der Waals surface area contributed by atoms with E-state index < -0.39 is 11.7 Å². The summed E-state index contributed by atoms with van der Waals surface area (Å²) in [6, 6.07) is 13.0. The average molecular weight is 423 g/mol. The van der Waals surface area contributed by atoms with Crippen molar-refractivity contribution < 1.29 is 17.9 Å². The van der Waals surface area contributed by atoms with E-state index in [9.17, 15) is 13.2 Å². The third kappa shape index (κ3) is 4.75. The van der Waals surface area contributed by atoms with Gasteiger partial charge >= 0.3 is 6.18 Å². The second-order valence-electron chi connectivity index (χ2n) is 7.14. The van der Waals surface area contributed by atoms with Crippen LogP contribution in [0.15, 0.2) is 48.5 Å². The molecule has 1 aromatic heterocycles. The topological polar surface area (TPSA) is 25.4 Å². The molecule has 0 N–H and O–H groups in total. The van der Waals surface area contributed by atoms with Gasteiger partial charge < -0.3 is 9.64 Å². The van der Waals surface area contributed by atoms with Gasteiger partial charge in [-0.25, -0.2) is 0 Å². The lowest BCUT2D eigenvalue weighted by molar-refractivity contribution is -0.137. The number of anilines is 1. The molecule has 1 saturated heterocycles. The van der Waals surface area contributed by atoms with Crippen LogP contribution in [0.5, 0.6) is 5.75 Å². The number of halogens is 4. The Hall–Kier alpha value is -2.47. The van der Waals surface area contributed by atoms with Crippen molar-refractivity contribution in [3.63, 3.8) is 0 Å². The zero-order chi connectivity index (χ0) is 19.7. The van der Waals surface area contributed by atoms with Gasteiger partial charge in [0.05, 0.1) is 11.1 Å². The molecule has 4 rings (SSSR count). The number of benzene rings is 2. The fourth-order valence-corrected chi connectivity index (χ4v) is 3.58. The molecule has 0 amide bonds. The molecule has 29 heavy (non-hydrogen) atoms. The minimum atomic E-state index is -4.33. The number of alkyl halides is 3. The van der Waals surface area contributed by atoms with Gasteiger partial charge in [-0.2, -0.15) is 13.2 Å². The van der Waals surface area contributed by atoms with Gasteiger partial charge in [-0.05, 0) is 55.7 Å². The summed E-state index contributed by atoms with van der Waals surface area (Å²) in [7, 11) is 0. The molecule has 1 fully saturated rings. The maximum atomic E-state index is 12.7. The molecule has 2 aromatic carbocycles. The molecule has 0 spiro atoms. The van der Waals surface area contributed by atoms with E-state index in [0.717, 1.165) is 41.8 Å². The first-order valence-corrected chi connectivity index (χ1v) is 9.35. The highest BCUT2D eigenvalue weighted by molar-refractivity contribution is 5.93. The monoisotopic (exact) mass is 422 g/mol. The average Bonchev–Trinajstić information content (AvgIpc) is 3.19. The Labute approximate surface area is 173 Å². The van der Waals surface area contributed by atoms with Crippen molar-refractivity contribution >= 4 is 29.0 Å². The van der Waals surface area contributed by atoms with Crippen LogP contribution in [-0.2, 0) is 12.8 Å². The number of rotatable bonds is 4. The third-order valence-electron chi connectivity index (χ3n) is 5.02. The Morgan fingerprint density at radius 2 is 1.69 bits per heavy atom. The number of hydrogen-bond acceptors (Lipinski definition) is 3. The summed E-state index contributed by atoms with van der Waals surface area (Å²) in [4.78, 5) is 7.02. The molecular formula is C22H22ClF3N2O. The molecule has 2 heterocycles. The lowest BCUT2D eigenvalue weighted by atomic mass is 10.1. The fourth-order valence-electron chi connectivity index (χ4n) is 3.58. The summed E-state index contributed by atoms with van der Waals surface area (Å²) < 4.78 is 43.8. The lowest BCUT2D eigenvalue weighted by Gasteiger charge is -2.20. The van der Waals surface area contributed by atoms with Crippen LogP contribution in [0, 0.1) is 6.92 Å². The molecule has 0 aliphatic carbocycles. The molecule has 1 aliphatic rings. The van der Waals surface area contributed by atoms with Gasteiger partial charge in [0.25, 0.3) is 0 Å². The number of ether oxygens (including phenoxy) is 1. The summed E-state index contributed by atoms with van der Waals surface area (Å²) in [6.45, 7) is 4.30. The summed E-state index contributed by atoms with van der Waals surface area (Å²) in [5.41, 5.74) is 3.05. The molecule has 0 atom stereocenters. The van der Waals surface area contributed by atoms with Crippen LogP contribution < -0.4 is 9.64 Å². The minimum Gasteiger partial charge on any atom is -0.489 e. The molecule has 0 unspecified atom stereocenters. The van der Waals surface area contributed by atoms with E-state index in [1.165, 1.54) is 30.7 Å². The summed E-state index contributed by atoms with van der Waals surface area (Å²) in [5.74, 6) is 0.651. The van der Waals surface area contributed by atoms with E-state index in [1.807, 2.05) is 25.1 Å². The fraction of sp³-hybridized carbons (Fsp3) is 0.318. The van der Waals surface area contributed by atoms with Gasteiger partial charge in [-0.15, -0.1) is 12.4 Å². The van der Waals surface area contributed by atoms with Crippen molar-refractivity contribution in [3.05, 3.63) is 65.4 Å². The van der Waals surface area contributed by atoms with Crippen LogP contribution in [0.25, 0.3) is 10.9 Å². The molecule has 154 valence electrons. The van der Waals surface area contributed by atoms with Gasteiger partial charge in [0.2, 0.25) is 0 Å². The number of aryl methyl sites for hydroxylation is 1. The van der Waals surface area contributed by atoms with Crippen molar-refractivity contribution in [3.8, 4) is 5.75 Å². The van der Waals surface area contributed by atoms with Gasteiger partial charge in [-0.1, -0.05) is 12.1 Å². The van der Waals surface area contributed by atoms with Crippen LogP contribution in [0.2, 0.25) is 0 Å². The maximum absolute atomic E-state index is 12.7. The number of fused-ring (bicyclic) bond motifs is 1.